The van der Waals surface area contributed by atoms with Crippen molar-refractivity contribution in [1.82, 2.24) is 5.32 Å². The molecule has 2 unspecified atom stereocenters. The molecule has 4 heteroatoms. The van der Waals surface area contributed by atoms with Crippen molar-refractivity contribution < 1.29 is 15.0 Å². The Kier molecular flexibility index (Phi) is 58.2. The SMILES string of the molecule is CCCCCCC/C=C\C/C=C\C/C=C\CCCCCCCCCCCCCCCCC(=O)NC(CO)C(O)/C=C/CC/C=C/CC/C=C/CCCCCCCCCCCCCCCCCCCC. The van der Waals surface area contributed by atoms with Gasteiger partial charge in [0, 0.05) is 6.42 Å². The molecule has 0 aliphatic carbocycles. The average Bonchev–Trinajstić information content (AvgIpc) is 3.35. The normalized spacial score (nSPS) is 13.3. The second-order valence-corrected chi connectivity index (χ2v) is 20.7. The van der Waals surface area contributed by atoms with E-state index in [2.05, 4.69) is 79.9 Å². The Hall–Kier alpha value is -2.17. The highest BCUT2D eigenvalue weighted by molar-refractivity contribution is 5.76. The van der Waals surface area contributed by atoms with Crippen LogP contribution >= 0.6 is 0 Å². The molecule has 0 aromatic heterocycles. The zero-order valence-electron chi connectivity index (χ0n) is 46.3. The maximum atomic E-state index is 12.5. The number of aliphatic hydroxyl groups is 2. The van der Waals surface area contributed by atoms with Gasteiger partial charge < -0.3 is 15.5 Å². The van der Waals surface area contributed by atoms with E-state index in [0.717, 1.165) is 51.4 Å². The van der Waals surface area contributed by atoms with Gasteiger partial charge in [-0.1, -0.05) is 299 Å². The van der Waals surface area contributed by atoms with E-state index >= 15 is 0 Å². The molecule has 4 nitrogen and oxygen atoms in total. The van der Waals surface area contributed by atoms with Gasteiger partial charge >= 0.3 is 0 Å². The van der Waals surface area contributed by atoms with Gasteiger partial charge in [-0.3, -0.25) is 4.79 Å². The van der Waals surface area contributed by atoms with Crippen LogP contribution in [0.3, 0.4) is 0 Å². The number of rotatable bonds is 56. The van der Waals surface area contributed by atoms with Crippen LogP contribution < -0.4 is 5.32 Å². The van der Waals surface area contributed by atoms with E-state index < -0.39 is 12.1 Å². The number of allylic oxidation sites excluding steroid dienone is 11. The minimum Gasteiger partial charge on any atom is -0.394 e. The van der Waals surface area contributed by atoms with Gasteiger partial charge in [0.15, 0.2) is 0 Å². The van der Waals surface area contributed by atoms with Gasteiger partial charge in [-0.2, -0.15) is 0 Å². The van der Waals surface area contributed by atoms with Crippen LogP contribution in [0.25, 0.3) is 0 Å². The Bertz CT molecular complexity index is 1180. The third-order valence-electron chi connectivity index (χ3n) is 13.9. The van der Waals surface area contributed by atoms with E-state index in [9.17, 15) is 15.0 Å². The van der Waals surface area contributed by atoms with Crippen LogP contribution in [0.5, 0.6) is 0 Å². The molecule has 0 rings (SSSR count). The minimum atomic E-state index is -0.875. The summed E-state index contributed by atoms with van der Waals surface area (Å²) < 4.78 is 0. The molecule has 0 aliphatic rings. The van der Waals surface area contributed by atoms with E-state index in [-0.39, 0.29) is 12.5 Å². The summed E-state index contributed by atoms with van der Waals surface area (Å²) in [5.41, 5.74) is 0. The number of unbranched alkanes of at least 4 members (excludes halogenated alkanes) is 39. The van der Waals surface area contributed by atoms with Crippen LogP contribution in [0.15, 0.2) is 72.9 Å². The van der Waals surface area contributed by atoms with Crippen LogP contribution in [0.2, 0.25) is 0 Å². The molecule has 0 radical (unpaired) electrons. The van der Waals surface area contributed by atoms with Crippen molar-refractivity contribution >= 4 is 5.91 Å². The molecule has 0 saturated heterocycles. The fourth-order valence-corrected chi connectivity index (χ4v) is 9.22. The minimum absolute atomic E-state index is 0.0772. The number of carbonyl (C=O) groups is 1. The molecule has 0 bridgehead atoms. The monoisotopic (exact) mass is 962 g/mol. The van der Waals surface area contributed by atoms with E-state index in [1.807, 2.05) is 6.08 Å². The van der Waals surface area contributed by atoms with Crippen molar-refractivity contribution in [3.63, 3.8) is 0 Å². The number of carbonyl (C=O) groups excluding carboxylic acids is 1. The quantitative estimate of drug-likeness (QED) is 0.0420. The molecular weight excluding hydrogens is 843 g/mol. The molecule has 2 atom stereocenters. The Morgan fingerprint density at radius 2 is 0.609 bits per heavy atom. The Balaban J connectivity index is 3.55. The van der Waals surface area contributed by atoms with Crippen molar-refractivity contribution in [3.05, 3.63) is 72.9 Å². The van der Waals surface area contributed by atoms with Crippen LogP contribution in [0.1, 0.15) is 316 Å². The first-order valence-corrected chi connectivity index (χ1v) is 30.7. The molecule has 0 saturated carbocycles. The number of nitrogens with one attached hydrogen (secondary N) is 1. The lowest BCUT2D eigenvalue weighted by Gasteiger charge is -2.19. The summed E-state index contributed by atoms with van der Waals surface area (Å²) in [6.07, 6.45) is 86.6. The van der Waals surface area contributed by atoms with Gasteiger partial charge in [0.2, 0.25) is 5.91 Å². The topological polar surface area (TPSA) is 69.6 Å². The standard InChI is InChI=1S/C65H119NO3/c1-3-5-7-9-11-13-15-17-19-21-23-25-27-29-31-33-35-37-39-41-43-45-47-49-51-53-55-57-59-61-65(69)66-63(62-67)64(68)60-58-56-54-52-50-48-46-44-42-40-38-36-34-32-30-28-26-24-22-20-18-16-14-12-10-8-6-4-2/h15,17,21,23,27,29,42,44,50,52,58,60,63-64,67-68H,3-14,16,18-20,22,24-26,28,30-41,43,45-49,51,53-57,59,61-62H2,1-2H3,(H,66,69)/b17-15-,23-21-,29-27-,44-42+,52-50+,60-58+. The maximum absolute atomic E-state index is 12.5. The maximum Gasteiger partial charge on any atom is 0.220 e. The van der Waals surface area contributed by atoms with Gasteiger partial charge in [0.1, 0.15) is 0 Å². The molecule has 0 fully saturated rings. The number of hydrogen-bond acceptors (Lipinski definition) is 3. The van der Waals surface area contributed by atoms with E-state index in [4.69, 9.17) is 0 Å². The molecule has 0 heterocycles. The fraction of sp³-hybridized carbons (Fsp3) is 0.800. The van der Waals surface area contributed by atoms with Crippen molar-refractivity contribution in [2.24, 2.45) is 0 Å². The second-order valence-electron chi connectivity index (χ2n) is 20.7. The summed E-state index contributed by atoms with van der Waals surface area (Å²) >= 11 is 0. The number of hydrogen-bond donors (Lipinski definition) is 3. The highest BCUT2D eigenvalue weighted by Crippen LogP contribution is 2.17. The molecule has 0 spiro atoms. The Labute approximate surface area is 431 Å². The summed E-state index contributed by atoms with van der Waals surface area (Å²) in [6.45, 7) is 4.31. The molecule has 402 valence electrons. The average molecular weight is 963 g/mol. The molecule has 0 aromatic rings. The first-order valence-electron chi connectivity index (χ1n) is 30.7. The van der Waals surface area contributed by atoms with Gasteiger partial charge in [-0.05, 0) is 83.5 Å². The lowest BCUT2D eigenvalue weighted by molar-refractivity contribution is -0.123. The zero-order chi connectivity index (χ0) is 49.9. The first-order chi connectivity index (χ1) is 34.2. The lowest BCUT2D eigenvalue weighted by atomic mass is 10.0. The van der Waals surface area contributed by atoms with Crippen LogP contribution in [-0.2, 0) is 4.79 Å². The van der Waals surface area contributed by atoms with Crippen LogP contribution in [0.4, 0.5) is 0 Å². The Morgan fingerprint density at radius 3 is 0.942 bits per heavy atom. The smallest absolute Gasteiger partial charge is 0.220 e. The molecule has 0 aromatic carbocycles. The molecule has 3 N–H and O–H groups in total. The fourth-order valence-electron chi connectivity index (χ4n) is 9.22. The summed E-state index contributed by atoms with van der Waals surface area (Å²) in [5.74, 6) is -0.0772. The van der Waals surface area contributed by atoms with Gasteiger partial charge in [0.05, 0.1) is 18.8 Å². The number of amides is 1. The third-order valence-corrected chi connectivity index (χ3v) is 13.9. The van der Waals surface area contributed by atoms with E-state index in [1.54, 1.807) is 6.08 Å². The van der Waals surface area contributed by atoms with Gasteiger partial charge in [-0.15, -0.1) is 0 Å². The summed E-state index contributed by atoms with van der Waals surface area (Å²) in [5, 5.41) is 23.2. The van der Waals surface area contributed by atoms with E-state index in [1.165, 1.54) is 244 Å². The van der Waals surface area contributed by atoms with Crippen molar-refractivity contribution in [2.75, 3.05) is 6.61 Å². The molecule has 69 heavy (non-hydrogen) atoms. The van der Waals surface area contributed by atoms with Crippen molar-refractivity contribution in [2.45, 2.75) is 328 Å². The van der Waals surface area contributed by atoms with Crippen LogP contribution in [0, 0.1) is 0 Å². The van der Waals surface area contributed by atoms with Gasteiger partial charge in [-0.25, -0.2) is 0 Å². The number of aliphatic hydroxyl groups excluding tert-OH is 2. The highest BCUT2D eigenvalue weighted by Gasteiger charge is 2.18. The summed E-state index contributed by atoms with van der Waals surface area (Å²) in [4.78, 5) is 12.5. The van der Waals surface area contributed by atoms with Gasteiger partial charge in [0.25, 0.3) is 0 Å². The van der Waals surface area contributed by atoms with Crippen LogP contribution in [-0.4, -0.2) is 34.9 Å². The predicted molar refractivity (Wildman–Crippen MR) is 308 cm³/mol. The lowest BCUT2D eigenvalue weighted by Crippen LogP contribution is -2.45. The summed E-state index contributed by atoms with van der Waals surface area (Å²) in [7, 11) is 0. The third kappa shape index (κ3) is 56.6. The summed E-state index contributed by atoms with van der Waals surface area (Å²) in [6, 6.07) is -0.650. The predicted octanol–water partition coefficient (Wildman–Crippen LogP) is 20.5. The van der Waals surface area contributed by atoms with E-state index in [0.29, 0.717) is 6.42 Å². The molecule has 1 amide bonds. The van der Waals surface area contributed by atoms with Crippen molar-refractivity contribution in [1.29, 1.82) is 0 Å². The zero-order valence-corrected chi connectivity index (χ0v) is 46.3. The largest absolute Gasteiger partial charge is 0.394 e. The highest BCUT2D eigenvalue weighted by atomic mass is 16.3. The Morgan fingerprint density at radius 1 is 0.348 bits per heavy atom. The second kappa shape index (κ2) is 60.1. The molecule has 0 aliphatic heterocycles. The molecular formula is C65H119NO3. The first kappa shape index (κ1) is 66.8. The van der Waals surface area contributed by atoms with Crippen molar-refractivity contribution in [3.8, 4) is 0 Å².